The third-order valence-corrected chi connectivity index (χ3v) is 2.95. The average molecular weight is 326 g/mol. The molecule has 0 radical (unpaired) electrons. The van der Waals surface area contributed by atoms with Crippen LogP contribution >= 0.6 is 11.6 Å². The smallest absolute Gasteiger partial charge is 0.231 e. The van der Waals surface area contributed by atoms with Gasteiger partial charge in [0.05, 0.1) is 5.56 Å². The Kier molecular flexibility index (Phi) is 3.88. The Morgan fingerprint density at radius 1 is 0.762 bits per heavy atom. The zero-order valence-electron chi connectivity index (χ0n) is 10.1. The summed E-state index contributed by atoms with van der Waals surface area (Å²) in [5, 5.41) is -0.637. The second kappa shape index (κ2) is 5.22. The molecule has 0 bridgehead atoms. The van der Waals surface area contributed by atoms with Crippen LogP contribution in [0, 0.1) is 0 Å². The van der Waals surface area contributed by atoms with Crippen molar-refractivity contribution in [1.82, 2.24) is 4.98 Å². The number of halogens is 7. The van der Waals surface area contributed by atoms with Crippen molar-refractivity contribution in [2.24, 2.45) is 0 Å². The van der Waals surface area contributed by atoms with Gasteiger partial charge in [0.2, 0.25) is 0 Å². The highest BCUT2D eigenvalue weighted by molar-refractivity contribution is 6.32. The minimum Gasteiger partial charge on any atom is -0.231 e. The van der Waals surface area contributed by atoms with Crippen LogP contribution in [-0.2, 0) is 12.4 Å². The lowest BCUT2D eigenvalue weighted by Gasteiger charge is -2.14. The van der Waals surface area contributed by atoms with Crippen LogP contribution < -0.4 is 0 Å². The third-order valence-electron chi connectivity index (χ3n) is 2.66. The fourth-order valence-electron chi connectivity index (χ4n) is 1.76. The van der Waals surface area contributed by atoms with E-state index in [-0.39, 0.29) is 11.1 Å². The van der Waals surface area contributed by atoms with Crippen LogP contribution in [0.5, 0.6) is 0 Å². The monoisotopic (exact) mass is 325 g/mol. The van der Waals surface area contributed by atoms with Gasteiger partial charge in [-0.25, -0.2) is 4.98 Å². The topological polar surface area (TPSA) is 12.9 Å². The maximum atomic E-state index is 12.9. The lowest BCUT2D eigenvalue weighted by Crippen LogP contribution is -2.09. The van der Waals surface area contributed by atoms with Gasteiger partial charge in [0.15, 0.2) is 0 Å². The zero-order chi connectivity index (χ0) is 15.8. The van der Waals surface area contributed by atoms with E-state index < -0.39 is 28.8 Å². The highest BCUT2D eigenvalue weighted by atomic mass is 35.5. The summed E-state index contributed by atoms with van der Waals surface area (Å²) in [6, 6.07) is 5.93. The van der Waals surface area contributed by atoms with Crippen molar-refractivity contribution in [3.8, 4) is 11.1 Å². The van der Waals surface area contributed by atoms with E-state index in [9.17, 15) is 26.3 Å². The minimum absolute atomic E-state index is 0.211. The van der Waals surface area contributed by atoms with Gasteiger partial charge >= 0.3 is 12.4 Å². The summed E-state index contributed by atoms with van der Waals surface area (Å²) in [6.07, 6.45) is -9.37. The zero-order valence-corrected chi connectivity index (χ0v) is 10.8. The first-order valence-electron chi connectivity index (χ1n) is 5.51. The van der Waals surface area contributed by atoms with Crippen LogP contribution in [0.1, 0.15) is 11.3 Å². The molecule has 0 saturated heterocycles. The molecule has 0 aliphatic carbocycles. The SMILES string of the molecule is FC(F)(F)c1ccc(-c2ccccc2C(F)(F)F)c(Cl)n1. The Hall–Kier alpha value is -1.76. The molecule has 2 aromatic rings. The van der Waals surface area contributed by atoms with Gasteiger partial charge in [-0.05, 0) is 23.8 Å². The number of benzene rings is 1. The molecule has 0 unspecified atom stereocenters. The Morgan fingerprint density at radius 2 is 1.38 bits per heavy atom. The molecule has 8 heteroatoms. The molecule has 1 heterocycles. The molecule has 0 aliphatic rings. The number of rotatable bonds is 1. The van der Waals surface area contributed by atoms with Gasteiger partial charge in [0.25, 0.3) is 0 Å². The van der Waals surface area contributed by atoms with Gasteiger partial charge in [0, 0.05) is 5.56 Å². The molecule has 0 aliphatic heterocycles. The predicted molar refractivity (Wildman–Crippen MR) is 64.7 cm³/mol. The Morgan fingerprint density at radius 3 is 1.90 bits per heavy atom. The van der Waals surface area contributed by atoms with Crippen molar-refractivity contribution in [3.63, 3.8) is 0 Å². The third kappa shape index (κ3) is 3.29. The molecule has 1 nitrogen and oxygen atoms in total. The van der Waals surface area contributed by atoms with Gasteiger partial charge in [-0.1, -0.05) is 29.8 Å². The number of aromatic nitrogens is 1. The number of hydrogen-bond donors (Lipinski definition) is 0. The Balaban J connectivity index is 2.59. The Labute approximate surface area is 120 Å². The second-order valence-corrected chi connectivity index (χ2v) is 4.43. The van der Waals surface area contributed by atoms with Crippen LogP contribution in [0.2, 0.25) is 5.15 Å². The fraction of sp³-hybridized carbons (Fsp3) is 0.154. The van der Waals surface area contributed by atoms with E-state index in [2.05, 4.69) is 4.98 Å². The van der Waals surface area contributed by atoms with E-state index >= 15 is 0 Å². The summed E-state index contributed by atoms with van der Waals surface area (Å²) >= 11 is 5.61. The summed E-state index contributed by atoms with van der Waals surface area (Å²) < 4.78 is 76.1. The molecule has 1 aromatic heterocycles. The van der Waals surface area contributed by atoms with Crippen LogP contribution in [-0.4, -0.2) is 4.98 Å². The van der Waals surface area contributed by atoms with Gasteiger partial charge in [-0.3, -0.25) is 0 Å². The molecule has 0 amide bonds. The number of alkyl halides is 6. The minimum atomic E-state index is -4.72. The highest BCUT2D eigenvalue weighted by Crippen LogP contribution is 2.39. The van der Waals surface area contributed by atoms with Gasteiger partial charge in [-0.2, -0.15) is 26.3 Å². The van der Waals surface area contributed by atoms with E-state index in [1.165, 1.54) is 12.1 Å². The summed E-state index contributed by atoms with van der Waals surface area (Å²) in [5.41, 5.74) is -2.79. The first-order valence-corrected chi connectivity index (χ1v) is 5.89. The van der Waals surface area contributed by atoms with E-state index in [1.54, 1.807) is 0 Å². The molecule has 0 fully saturated rings. The molecule has 21 heavy (non-hydrogen) atoms. The largest absolute Gasteiger partial charge is 0.433 e. The molecule has 0 N–H and O–H groups in total. The Bertz CT molecular complexity index is 662. The van der Waals surface area contributed by atoms with Crippen LogP contribution in [0.15, 0.2) is 36.4 Å². The molecule has 1 aromatic carbocycles. The van der Waals surface area contributed by atoms with Gasteiger partial charge < -0.3 is 0 Å². The normalized spacial score (nSPS) is 12.5. The number of hydrogen-bond acceptors (Lipinski definition) is 1. The summed E-state index contributed by atoms with van der Waals surface area (Å²) in [5.74, 6) is 0. The average Bonchev–Trinajstić information content (AvgIpc) is 2.36. The van der Waals surface area contributed by atoms with Crippen LogP contribution in [0.25, 0.3) is 11.1 Å². The maximum absolute atomic E-state index is 12.9. The predicted octanol–water partition coefficient (Wildman–Crippen LogP) is 5.44. The lowest BCUT2D eigenvalue weighted by atomic mass is 10.0. The molecule has 0 saturated carbocycles. The molecular formula is C13H6ClF6N. The van der Waals surface area contributed by atoms with Crippen molar-refractivity contribution in [3.05, 3.63) is 52.8 Å². The van der Waals surface area contributed by atoms with E-state index in [4.69, 9.17) is 11.6 Å². The van der Waals surface area contributed by atoms with E-state index in [1.807, 2.05) is 0 Å². The van der Waals surface area contributed by atoms with Crippen molar-refractivity contribution in [1.29, 1.82) is 0 Å². The second-order valence-electron chi connectivity index (χ2n) is 4.08. The lowest BCUT2D eigenvalue weighted by molar-refractivity contribution is -0.141. The number of pyridine rings is 1. The van der Waals surface area contributed by atoms with Gasteiger partial charge in [0.1, 0.15) is 10.8 Å². The molecule has 2 rings (SSSR count). The summed E-state index contributed by atoms with van der Waals surface area (Å²) in [4.78, 5) is 3.12. The van der Waals surface area contributed by atoms with E-state index in [0.29, 0.717) is 6.07 Å². The van der Waals surface area contributed by atoms with Crippen LogP contribution in [0.3, 0.4) is 0 Å². The van der Waals surface area contributed by atoms with Crippen molar-refractivity contribution >= 4 is 11.6 Å². The summed E-state index contributed by atoms with van der Waals surface area (Å²) in [7, 11) is 0. The first kappa shape index (κ1) is 15.6. The van der Waals surface area contributed by atoms with Crippen LogP contribution in [0.4, 0.5) is 26.3 Å². The standard InChI is InChI=1S/C13H6ClF6N/c14-11-8(5-6-10(21-11)13(18,19)20)7-3-1-2-4-9(7)12(15,16)17/h1-6H. The van der Waals surface area contributed by atoms with E-state index in [0.717, 1.165) is 18.2 Å². The van der Waals surface area contributed by atoms with Gasteiger partial charge in [-0.15, -0.1) is 0 Å². The molecule has 112 valence electrons. The number of nitrogens with zero attached hydrogens (tertiary/aromatic N) is 1. The van der Waals surface area contributed by atoms with Crippen molar-refractivity contribution in [2.75, 3.05) is 0 Å². The maximum Gasteiger partial charge on any atom is 0.433 e. The molecular weight excluding hydrogens is 320 g/mol. The summed E-state index contributed by atoms with van der Waals surface area (Å²) in [6.45, 7) is 0. The van der Waals surface area contributed by atoms with Crippen molar-refractivity contribution in [2.45, 2.75) is 12.4 Å². The highest BCUT2D eigenvalue weighted by Gasteiger charge is 2.35. The molecule has 0 spiro atoms. The first-order chi connectivity index (χ1) is 9.60. The van der Waals surface area contributed by atoms with Crippen molar-refractivity contribution < 1.29 is 26.3 Å². The molecule has 0 atom stereocenters. The quantitative estimate of drug-likeness (QED) is 0.502. The fourth-order valence-corrected chi connectivity index (χ4v) is 2.01.